The molecule has 3 atom stereocenters. The van der Waals surface area contributed by atoms with Gasteiger partial charge in [-0.15, -0.1) is 0 Å². The minimum atomic E-state index is 0.573. The van der Waals surface area contributed by atoms with Crippen molar-refractivity contribution in [2.24, 2.45) is 28.4 Å². The number of hydrogen-bond donors (Lipinski definition) is 1. The van der Waals surface area contributed by atoms with E-state index in [-0.39, 0.29) is 0 Å². The number of hydrogen-bond acceptors (Lipinski definition) is 1. The Hall–Kier alpha value is -0.0400. The Morgan fingerprint density at radius 1 is 1.23 bits per heavy atom. The lowest BCUT2D eigenvalue weighted by Crippen LogP contribution is -2.24. The second-order valence-electron chi connectivity index (χ2n) is 6.13. The third-order valence-electron chi connectivity index (χ3n) is 4.81. The zero-order valence-electron chi connectivity index (χ0n) is 9.27. The van der Waals surface area contributed by atoms with Crippen LogP contribution in [0.25, 0.3) is 0 Å². The van der Waals surface area contributed by atoms with Crippen molar-refractivity contribution in [2.75, 3.05) is 6.54 Å². The summed E-state index contributed by atoms with van der Waals surface area (Å²) in [6, 6.07) is 0. The van der Waals surface area contributed by atoms with E-state index in [1.54, 1.807) is 0 Å². The molecule has 76 valence electrons. The first kappa shape index (κ1) is 9.51. The molecular weight excluding hydrogens is 158 g/mol. The first-order valence-corrected chi connectivity index (χ1v) is 5.70. The molecule has 3 unspecified atom stereocenters. The molecule has 0 saturated heterocycles. The Kier molecular flexibility index (Phi) is 1.99. The van der Waals surface area contributed by atoms with Crippen molar-refractivity contribution in [3.63, 3.8) is 0 Å². The number of fused-ring (bicyclic) bond motifs is 1. The van der Waals surface area contributed by atoms with Crippen LogP contribution >= 0.6 is 0 Å². The van der Waals surface area contributed by atoms with Gasteiger partial charge in [0.2, 0.25) is 0 Å². The van der Waals surface area contributed by atoms with E-state index in [1.165, 1.54) is 25.7 Å². The van der Waals surface area contributed by atoms with Crippen molar-refractivity contribution >= 4 is 0 Å². The first-order chi connectivity index (χ1) is 5.99. The summed E-state index contributed by atoms with van der Waals surface area (Å²) < 4.78 is 0. The summed E-state index contributed by atoms with van der Waals surface area (Å²) in [7, 11) is 0. The Bertz CT molecular complexity index is 209. The molecule has 0 bridgehead atoms. The van der Waals surface area contributed by atoms with E-state index >= 15 is 0 Å². The number of nitrogens with two attached hydrogens (primary N) is 1. The van der Waals surface area contributed by atoms with E-state index in [1.807, 2.05) is 0 Å². The summed E-state index contributed by atoms with van der Waals surface area (Å²) in [6.07, 6.45) is 5.52. The molecule has 2 saturated carbocycles. The van der Waals surface area contributed by atoms with Crippen molar-refractivity contribution < 1.29 is 0 Å². The third kappa shape index (κ3) is 1.41. The van der Waals surface area contributed by atoms with Gasteiger partial charge in [0.15, 0.2) is 0 Å². The van der Waals surface area contributed by atoms with Gasteiger partial charge in [0.05, 0.1) is 0 Å². The highest BCUT2D eigenvalue weighted by Crippen LogP contribution is 2.68. The van der Waals surface area contributed by atoms with Crippen LogP contribution in [0.15, 0.2) is 0 Å². The van der Waals surface area contributed by atoms with Crippen LogP contribution in [0.3, 0.4) is 0 Å². The predicted molar refractivity (Wildman–Crippen MR) is 56.4 cm³/mol. The third-order valence-corrected chi connectivity index (χ3v) is 4.81. The molecule has 0 aromatic rings. The zero-order valence-corrected chi connectivity index (χ0v) is 9.27. The van der Waals surface area contributed by atoms with Gasteiger partial charge in [-0.1, -0.05) is 20.8 Å². The summed E-state index contributed by atoms with van der Waals surface area (Å²) in [5.41, 5.74) is 6.90. The second-order valence-corrected chi connectivity index (χ2v) is 6.13. The lowest BCUT2D eigenvalue weighted by Gasteiger charge is -2.32. The van der Waals surface area contributed by atoms with Crippen molar-refractivity contribution in [3.8, 4) is 0 Å². The molecule has 0 amide bonds. The van der Waals surface area contributed by atoms with Gasteiger partial charge in [-0.2, -0.15) is 0 Å². The highest BCUT2D eigenvalue weighted by Gasteiger charge is 2.60. The number of rotatable bonds is 2. The summed E-state index contributed by atoms with van der Waals surface area (Å²) in [6.45, 7) is 8.19. The predicted octanol–water partition coefficient (Wildman–Crippen LogP) is 2.80. The maximum absolute atomic E-state index is 5.67. The monoisotopic (exact) mass is 181 g/mol. The average Bonchev–Trinajstić information content (AvgIpc) is 2.53. The molecule has 2 aliphatic carbocycles. The SMILES string of the molecule is CC1(CCN)CCC2C(C1)C2(C)C. The van der Waals surface area contributed by atoms with Crippen LogP contribution < -0.4 is 5.73 Å². The van der Waals surface area contributed by atoms with Crippen molar-refractivity contribution in [2.45, 2.75) is 46.5 Å². The van der Waals surface area contributed by atoms with Crippen LogP contribution in [0.1, 0.15) is 46.5 Å². The van der Waals surface area contributed by atoms with Gasteiger partial charge < -0.3 is 5.73 Å². The molecule has 2 N–H and O–H groups in total. The van der Waals surface area contributed by atoms with Crippen LogP contribution in [-0.2, 0) is 0 Å². The van der Waals surface area contributed by atoms with Gasteiger partial charge >= 0.3 is 0 Å². The van der Waals surface area contributed by atoms with Crippen molar-refractivity contribution in [3.05, 3.63) is 0 Å². The Morgan fingerprint density at radius 2 is 1.92 bits per heavy atom. The summed E-state index contributed by atoms with van der Waals surface area (Å²) in [5.74, 6) is 2.05. The molecule has 0 aliphatic heterocycles. The van der Waals surface area contributed by atoms with Crippen molar-refractivity contribution in [1.29, 1.82) is 0 Å². The van der Waals surface area contributed by atoms with Gasteiger partial charge in [0.1, 0.15) is 0 Å². The van der Waals surface area contributed by atoms with Crippen LogP contribution in [0.5, 0.6) is 0 Å². The smallest absolute Gasteiger partial charge is 0.00721 e. The first-order valence-electron chi connectivity index (χ1n) is 5.70. The summed E-state index contributed by atoms with van der Waals surface area (Å²) >= 11 is 0. The molecular formula is C12H23N. The van der Waals surface area contributed by atoms with E-state index in [0.29, 0.717) is 10.8 Å². The van der Waals surface area contributed by atoms with Gasteiger partial charge in [-0.05, 0) is 54.9 Å². The highest BCUT2D eigenvalue weighted by atomic mass is 14.7. The second kappa shape index (κ2) is 2.73. The molecule has 2 fully saturated rings. The van der Waals surface area contributed by atoms with E-state index in [0.717, 1.165) is 18.4 Å². The van der Waals surface area contributed by atoms with Gasteiger partial charge in [0.25, 0.3) is 0 Å². The molecule has 1 nitrogen and oxygen atoms in total. The topological polar surface area (TPSA) is 26.0 Å². The Balaban J connectivity index is 1.99. The fourth-order valence-electron chi connectivity index (χ4n) is 3.55. The fourth-order valence-corrected chi connectivity index (χ4v) is 3.55. The van der Waals surface area contributed by atoms with E-state index in [4.69, 9.17) is 5.73 Å². The Labute approximate surface area is 82.1 Å². The molecule has 0 aromatic carbocycles. The minimum absolute atomic E-state index is 0.573. The lowest BCUT2D eigenvalue weighted by molar-refractivity contribution is 0.192. The summed E-state index contributed by atoms with van der Waals surface area (Å²) in [5, 5.41) is 0. The molecule has 13 heavy (non-hydrogen) atoms. The lowest BCUT2D eigenvalue weighted by atomic mass is 9.73. The molecule has 2 rings (SSSR count). The Morgan fingerprint density at radius 3 is 2.46 bits per heavy atom. The maximum atomic E-state index is 5.67. The molecule has 2 aliphatic rings. The van der Waals surface area contributed by atoms with Crippen LogP contribution in [0.4, 0.5) is 0 Å². The van der Waals surface area contributed by atoms with Gasteiger partial charge in [-0.3, -0.25) is 0 Å². The van der Waals surface area contributed by atoms with E-state index in [2.05, 4.69) is 20.8 Å². The maximum Gasteiger partial charge on any atom is -0.00721 e. The van der Waals surface area contributed by atoms with Crippen molar-refractivity contribution in [1.82, 2.24) is 0 Å². The minimum Gasteiger partial charge on any atom is -0.330 e. The molecule has 1 heteroatoms. The normalized spacial score (nSPS) is 47.1. The largest absolute Gasteiger partial charge is 0.330 e. The molecule has 0 radical (unpaired) electrons. The fraction of sp³-hybridized carbons (Fsp3) is 1.00. The quantitative estimate of drug-likeness (QED) is 0.696. The van der Waals surface area contributed by atoms with Crippen LogP contribution in [0, 0.1) is 22.7 Å². The van der Waals surface area contributed by atoms with Crippen LogP contribution in [0.2, 0.25) is 0 Å². The van der Waals surface area contributed by atoms with Gasteiger partial charge in [0, 0.05) is 0 Å². The van der Waals surface area contributed by atoms with E-state index in [9.17, 15) is 0 Å². The van der Waals surface area contributed by atoms with E-state index < -0.39 is 0 Å². The molecule has 0 heterocycles. The summed E-state index contributed by atoms with van der Waals surface area (Å²) in [4.78, 5) is 0. The van der Waals surface area contributed by atoms with Gasteiger partial charge in [-0.25, -0.2) is 0 Å². The van der Waals surface area contributed by atoms with Crippen LogP contribution in [-0.4, -0.2) is 6.54 Å². The average molecular weight is 181 g/mol. The molecule has 0 aromatic heterocycles. The standard InChI is InChI=1S/C12H23N/c1-11(2)9-4-5-12(3,6-7-13)8-10(9)11/h9-10H,4-8,13H2,1-3H3. The highest BCUT2D eigenvalue weighted by molar-refractivity contribution is 5.09. The molecule has 0 spiro atoms. The zero-order chi connectivity index (χ0) is 9.69.